The van der Waals surface area contributed by atoms with Gasteiger partial charge in [-0.25, -0.2) is 9.97 Å². The number of halogens is 1. The minimum Gasteiger partial charge on any atom is -0.374 e. The van der Waals surface area contributed by atoms with Crippen molar-refractivity contribution in [3.63, 3.8) is 0 Å². The molecule has 19 heavy (non-hydrogen) atoms. The van der Waals surface area contributed by atoms with Crippen LogP contribution in [0.15, 0.2) is 10.6 Å². The van der Waals surface area contributed by atoms with Gasteiger partial charge in [-0.15, -0.1) is 0 Å². The zero-order chi connectivity index (χ0) is 13.7. The Hall–Kier alpha value is -1.73. The third kappa shape index (κ3) is 4.15. The van der Waals surface area contributed by atoms with Gasteiger partial charge in [-0.3, -0.25) is 0 Å². The van der Waals surface area contributed by atoms with Crippen molar-refractivity contribution in [2.75, 3.05) is 11.9 Å². The Labute approximate surface area is 115 Å². The first kappa shape index (κ1) is 13.7. The van der Waals surface area contributed by atoms with Crippen molar-refractivity contribution in [3.05, 3.63) is 28.8 Å². The summed E-state index contributed by atoms with van der Waals surface area (Å²) in [6.07, 6.45) is 0. The van der Waals surface area contributed by atoms with Crippen LogP contribution in [0.3, 0.4) is 0 Å². The van der Waals surface area contributed by atoms with Crippen molar-refractivity contribution < 1.29 is 9.26 Å². The molecular formula is C11H14ClN5O2. The molecule has 0 radical (unpaired) electrons. The van der Waals surface area contributed by atoms with Crippen LogP contribution in [0.5, 0.6) is 0 Å². The topological polar surface area (TPSA) is 86.0 Å². The van der Waals surface area contributed by atoms with Crippen molar-refractivity contribution in [3.8, 4) is 0 Å². The van der Waals surface area contributed by atoms with Crippen LogP contribution in [0.4, 0.5) is 5.82 Å². The van der Waals surface area contributed by atoms with E-state index in [2.05, 4.69) is 25.4 Å². The molecule has 0 aliphatic heterocycles. The molecule has 0 saturated heterocycles. The third-order valence-corrected chi connectivity index (χ3v) is 2.36. The number of nitrogens with one attached hydrogen (secondary N) is 1. The zero-order valence-electron chi connectivity index (χ0n) is 10.7. The summed E-state index contributed by atoms with van der Waals surface area (Å²) in [5.41, 5.74) is 0. The molecule has 2 aromatic rings. The Morgan fingerprint density at radius 2 is 2.21 bits per heavy atom. The second kappa shape index (κ2) is 6.44. The summed E-state index contributed by atoms with van der Waals surface area (Å²) < 4.78 is 10.2. The number of aromatic nitrogens is 4. The third-order valence-electron chi connectivity index (χ3n) is 2.17. The lowest BCUT2D eigenvalue weighted by Crippen LogP contribution is -2.06. The molecule has 0 saturated carbocycles. The number of hydrogen-bond donors (Lipinski definition) is 1. The molecule has 8 heteroatoms. The van der Waals surface area contributed by atoms with Crippen molar-refractivity contribution >= 4 is 17.4 Å². The Balaban J connectivity index is 2.01. The molecule has 2 heterocycles. The van der Waals surface area contributed by atoms with Gasteiger partial charge in [0.05, 0.1) is 6.54 Å². The second-order valence-electron chi connectivity index (χ2n) is 3.72. The van der Waals surface area contributed by atoms with E-state index in [1.54, 1.807) is 13.0 Å². The van der Waals surface area contributed by atoms with Gasteiger partial charge in [0, 0.05) is 12.7 Å². The maximum atomic E-state index is 5.92. The van der Waals surface area contributed by atoms with Crippen LogP contribution >= 0.6 is 11.6 Å². The lowest BCUT2D eigenvalue weighted by Gasteiger charge is -2.06. The van der Waals surface area contributed by atoms with Gasteiger partial charge in [0.15, 0.2) is 11.6 Å². The Bertz CT molecular complexity index is 546. The second-order valence-corrected chi connectivity index (χ2v) is 4.11. The first-order chi connectivity index (χ1) is 9.17. The number of aryl methyl sites for hydroxylation is 1. The fourth-order valence-electron chi connectivity index (χ4n) is 1.39. The predicted molar refractivity (Wildman–Crippen MR) is 68.7 cm³/mol. The van der Waals surface area contributed by atoms with Gasteiger partial charge >= 0.3 is 0 Å². The number of rotatable bonds is 6. The van der Waals surface area contributed by atoms with Crippen molar-refractivity contribution in [2.24, 2.45) is 0 Å². The molecule has 1 N–H and O–H groups in total. The summed E-state index contributed by atoms with van der Waals surface area (Å²) in [5.74, 6) is 2.19. The minimum atomic E-state index is 0.325. The first-order valence-corrected chi connectivity index (χ1v) is 6.19. The van der Waals surface area contributed by atoms with Crippen molar-refractivity contribution in [2.45, 2.75) is 27.0 Å². The van der Waals surface area contributed by atoms with Crippen molar-refractivity contribution in [1.29, 1.82) is 0 Å². The van der Waals surface area contributed by atoms with Gasteiger partial charge in [0.25, 0.3) is 0 Å². The Kier molecular flexibility index (Phi) is 4.64. The average Bonchev–Trinajstić information content (AvgIpc) is 2.79. The van der Waals surface area contributed by atoms with E-state index in [1.807, 2.05) is 6.92 Å². The molecule has 0 atom stereocenters. The highest BCUT2D eigenvalue weighted by Crippen LogP contribution is 2.13. The summed E-state index contributed by atoms with van der Waals surface area (Å²) in [6, 6.07) is 1.63. The fourth-order valence-corrected chi connectivity index (χ4v) is 1.59. The van der Waals surface area contributed by atoms with Crippen LogP contribution in [-0.2, 0) is 17.9 Å². The SMILES string of the molecule is CCOCc1nc(Cl)cc(NCc2nc(C)no2)n1. The van der Waals surface area contributed by atoms with Gasteiger partial charge in [0.1, 0.15) is 17.6 Å². The summed E-state index contributed by atoms with van der Waals surface area (Å²) in [5, 5.41) is 7.10. The van der Waals surface area contributed by atoms with E-state index in [9.17, 15) is 0 Å². The van der Waals surface area contributed by atoms with Gasteiger partial charge < -0.3 is 14.6 Å². The van der Waals surface area contributed by atoms with E-state index < -0.39 is 0 Å². The van der Waals surface area contributed by atoms with Gasteiger partial charge in [-0.1, -0.05) is 16.8 Å². The van der Waals surface area contributed by atoms with E-state index in [4.69, 9.17) is 20.9 Å². The molecule has 0 spiro atoms. The molecule has 0 bridgehead atoms. The maximum absolute atomic E-state index is 5.92. The van der Waals surface area contributed by atoms with E-state index in [0.717, 1.165) is 0 Å². The molecule has 0 aliphatic carbocycles. The lowest BCUT2D eigenvalue weighted by atomic mass is 10.5. The molecular weight excluding hydrogens is 270 g/mol. The molecule has 102 valence electrons. The van der Waals surface area contributed by atoms with E-state index in [1.165, 1.54) is 0 Å². The highest BCUT2D eigenvalue weighted by molar-refractivity contribution is 6.29. The van der Waals surface area contributed by atoms with E-state index in [0.29, 0.717) is 48.3 Å². The number of hydrogen-bond acceptors (Lipinski definition) is 7. The maximum Gasteiger partial charge on any atom is 0.245 e. The Morgan fingerprint density at radius 3 is 2.89 bits per heavy atom. The van der Waals surface area contributed by atoms with Crippen LogP contribution in [0.1, 0.15) is 24.5 Å². The van der Waals surface area contributed by atoms with Crippen LogP contribution in [-0.4, -0.2) is 26.7 Å². The lowest BCUT2D eigenvalue weighted by molar-refractivity contribution is 0.128. The molecule has 0 aromatic carbocycles. The normalized spacial score (nSPS) is 10.7. The number of nitrogens with zero attached hydrogens (tertiary/aromatic N) is 4. The zero-order valence-corrected chi connectivity index (χ0v) is 11.4. The summed E-state index contributed by atoms with van der Waals surface area (Å²) >= 11 is 5.92. The van der Waals surface area contributed by atoms with Crippen LogP contribution in [0, 0.1) is 6.92 Å². The predicted octanol–water partition coefficient (Wildman–Crippen LogP) is 1.97. The summed E-state index contributed by atoms with van der Waals surface area (Å²) in [7, 11) is 0. The Morgan fingerprint density at radius 1 is 1.37 bits per heavy atom. The molecule has 0 fully saturated rings. The summed E-state index contributed by atoms with van der Waals surface area (Å²) in [6.45, 7) is 4.96. The van der Waals surface area contributed by atoms with Crippen molar-refractivity contribution in [1.82, 2.24) is 20.1 Å². The minimum absolute atomic E-state index is 0.325. The number of ether oxygens (including phenoxy) is 1. The highest BCUT2D eigenvalue weighted by Gasteiger charge is 2.06. The van der Waals surface area contributed by atoms with E-state index in [-0.39, 0.29) is 0 Å². The molecule has 0 aliphatic rings. The van der Waals surface area contributed by atoms with Crippen LogP contribution < -0.4 is 5.32 Å². The average molecular weight is 284 g/mol. The molecule has 0 amide bonds. The first-order valence-electron chi connectivity index (χ1n) is 5.81. The largest absolute Gasteiger partial charge is 0.374 e. The highest BCUT2D eigenvalue weighted by atomic mass is 35.5. The van der Waals surface area contributed by atoms with E-state index >= 15 is 0 Å². The molecule has 2 aromatic heterocycles. The monoisotopic (exact) mass is 283 g/mol. The van der Waals surface area contributed by atoms with Crippen LogP contribution in [0.25, 0.3) is 0 Å². The molecule has 2 rings (SSSR count). The van der Waals surface area contributed by atoms with Gasteiger partial charge in [0.2, 0.25) is 5.89 Å². The van der Waals surface area contributed by atoms with Gasteiger partial charge in [-0.2, -0.15) is 4.98 Å². The summed E-state index contributed by atoms with van der Waals surface area (Å²) in [4.78, 5) is 12.4. The van der Waals surface area contributed by atoms with Gasteiger partial charge in [-0.05, 0) is 13.8 Å². The smallest absolute Gasteiger partial charge is 0.245 e. The number of anilines is 1. The quantitative estimate of drug-likeness (QED) is 0.811. The van der Waals surface area contributed by atoms with Crippen LogP contribution in [0.2, 0.25) is 5.15 Å². The molecule has 7 nitrogen and oxygen atoms in total. The standard InChI is InChI=1S/C11H14ClN5O2/c1-3-18-6-10-15-8(12)4-9(16-10)13-5-11-14-7(2)17-19-11/h4H,3,5-6H2,1-2H3,(H,13,15,16). The fraction of sp³-hybridized carbons (Fsp3) is 0.455. The molecule has 0 unspecified atom stereocenters.